The molecule has 0 saturated heterocycles. The van der Waals surface area contributed by atoms with Crippen LogP contribution in [-0.2, 0) is 13.5 Å². The van der Waals surface area contributed by atoms with Crippen molar-refractivity contribution in [2.45, 2.75) is 32.7 Å². The SMILES string of the molecule is Cn1cc(CC(NN)C2CC2(C)C)cn1. The molecule has 0 aliphatic heterocycles. The summed E-state index contributed by atoms with van der Waals surface area (Å²) in [5, 5.41) is 4.17. The van der Waals surface area contributed by atoms with Crippen LogP contribution in [0.3, 0.4) is 0 Å². The first-order valence-corrected chi connectivity index (χ1v) is 5.46. The van der Waals surface area contributed by atoms with Crippen LogP contribution >= 0.6 is 0 Å². The number of hydrogen-bond acceptors (Lipinski definition) is 3. The number of nitrogens with zero attached hydrogens (tertiary/aromatic N) is 2. The van der Waals surface area contributed by atoms with Gasteiger partial charge in [0.2, 0.25) is 0 Å². The highest BCUT2D eigenvalue weighted by molar-refractivity contribution is 5.10. The van der Waals surface area contributed by atoms with E-state index in [-0.39, 0.29) is 0 Å². The number of hydrogen-bond donors (Lipinski definition) is 2. The second kappa shape index (κ2) is 3.61. The molecule has 1 aromatic heterocycles. The fraction of sp³-hybridized carbons (Fsp3) is 0.727. The molecule has 84 valence electrons. The van der Waals surface area contributed by atoms with Gasteiger partial charge in [0.1, 0.15) is 0 Å². The normalized spacial score (nSPS) is 25.2. The Kier molecular flexibility index (Phi) is 2.56. The molecule has 2 unspecified atom stereocenters. The number of nitrogens with two attached hydrogens (primary N) is 1. The van der Waals surface area contributed by atoms with E-state index in [2.05, 4.69) is 30.6 Å². The van der Waals surface area contributed by atoms with Crippen LogP contribution in [0.25, 0.3) is 0 Å². The lowest BCUT2D eigenvalue weighted by molar-refractivity contribution is 0.408. The Balaban J connectivity index is 1.98. The van der Waals surface area contributed by atoms with Gasteiger partial charge in [-0.3, -0.25) is 16.0 Å². The molecule has 3 N–H and O–H groups in total. The largest absolute Gasteiger partial charge is 0.276 e. The maximum Gasteiger partial charge on any atom is 0.0522 e. The molecule has 2 rings (SSSR count). The van der Waals surface area contributed by atoms with E-state index in [1.807, 2.05) is 17.9 Å². The van der Waals surface area contributed by atoms with Crippen LogP contribution in [0.2, 0.25) is 0 Å². The van der Waals surface area contributed by atoms with Crippen molar-refractivity contribution in [2.75, 3.05) is 0 Å². The van der Waals surface area contributed by atoms with Crippen LogP contribution < -0.4 is 11.3 Å². The van der Waals surface area contributed by atoms with Gasteiger partial charge >= 0.3 is 0 Å². The minimum Gasteiger partial charge on any atom is -0.276 e. The van der Waals surface area contributed by atoms with E-state index in [4.69, 9.17) is 5.84 Å². The summed E-state index contributed by atoms with van der Waals surface area (Å²) in [6.07, 6.45) is 6.21. The first kappa shape index (κ1) is 10.6. The lowest BCUT2D eigenvalue weighted by Crippen LogP contribution is -2.39. The molecule has 0 bridgehead atoms. The third kappa shape index (κ3) is 2.21. The van der Waals surface area contributed by atoms with Gasteiger partial charge in [0.05, 0.1) is 6.20 Å². The second-order valence-corrected chi connectivity index (χ2v) is 5.30. The van der Waals surface area contributed by atoms with E-state index < -0.39 is 0 Å². The van der Waals surface area contributed by atoms with Gasteiger partial charge in [0, 0.05) is 19.3 Å². The van der Waals surface area contributed by atoms with E-state index in [9.17, 15) is 0 Å². The van der Waals surface area contributed by atoms with Crippen molar-refractivity contribution in [1.82, 2.24) is 15.2 Å². The molecule has 0 radical (unpaired) electrons. The summed E-state index contributed by atoms with van der Waals surface area (Å²) in [6.45, 7) is 4.59. The van der Waals surface area contributed by atoms with Gasteiger partial charge < -0.3 is 0 Å². The third-order valence-electron chi connectivity index (χ3n) is 3.50. The minimum absolute atomic E-state index is 0.379. The summed E-state index contributed by atoms with van der Waals surface area (Å²) in [4.78, 5) is 0. The predicted molar refractivity (Wildman–Crippen MR) is 59.9 cm³/mol. The molecule has 0 amide bonds. The Morgan fingerprint density at radius 3 is 2.80 bits per heavy atom. The Morgan fingerprint density at radius 1 is 1.73 bits per heavy atom. The summed E-state index contributed by atoms with van der Waals surface area (Å²) in [5.41, 5.74) is 4.65. The van der Waals surface area contributed by atoms with E-state index in [1.54, 1.807) is 0 Å². The van der Waals surface area contributed by atoms with Crippen molar-refractivity contribution < 1.29 is 0 Å². The molecule has 1 aliphatic carbocycles. The van der Waals surface area contributed by atoms with Crippen molar-refractivity contribution in [1.29, 1.82) is 0 Å². The predicted octanol–water partition coefficient (Wildman–Crippen LogP) is 0.841. The summed E-state index contributed by atoms with van der Waals surface area (Å²) >= 11 is 0. The molecular weight excluding hydrogens is 188 g/mol. The maximum atomic E-state index is 5.61. The number of aromatic nitrogens is 2. The molecule has 1 aromatic rings. The topological polar surface area (TPSA) is 55.9 Å². The van der Waals surface area contributed by atoms with Gasteiger partial charge in [0.25, 0.3) is 0 Å². The van der Waals surface area contributed by atoms with Gasteiger partial charge in [-0.25, -0.2) is 0 Å². The van der Waals surface area contributed by atoms with Crippen LogP contribution in [-0.4, -0.2) is 15.8 Å². The molecule has 1 heterocycles. The first-order valence-electron chi connectivity index (χ1n) is 5.46. The van der Waals surface area contributed by atoms with Crippen LogP contribution in [0, 0.1) is 11.3 Å². The van der Waals surface area contributed by atoms with Gasteiger partial charge in [-0.15, -0.1) is 0 Å². The van der Waals surface area contributed by atoms with Crippen molar-refractivity contribution in [3.8, 4) is 0 Å². The minimum atomic E-state index is 0.379. The molecule has 4 nitrogen and oxygen atoms in total. The van der Waals surface area contributed by atoms with E-state index in [1.165, 1.54) is 12.0 Å². The number of hydrazine groups is 1. The zero-order valence-electron chi connectivity index (χ0n) is 9.70. The zero-order chi connectivity index (χ0) is 11.1. The first-order chi connectivity index (χ1) is 7.03. The molecule has 15 heavy (non-hydrogen) atoms. The maximum absolute atomic E-state index is 5.61. The van der Waals surface area contributed by atoms with E-state index in [0.717, 1.165) is 6.42 Å². The fourth-order valence-electron chi connectivity index (χ4n) is 2.34. The third-order valence-corrected chi connectivity index (χ3v) is 3.50. The molecule has 0 spiro atoms. The van der Waals surface area contributed by atoms with Crippen molar-refractivity contribution >= 4 is 0 Å². The zero-order valence-corrected chi connectivity index (χ0v) is 9.70. The van der Waals surface area contributed by atoms with Crippen LogP contribution in [0.4, 0.5) is 0 Å². The highest BCUT2D eigenvalue weighted by Gasteiger charge is 2.49. The lowest BCUT2D eigenvalue weighted by Gasteiger charge is -2.16. The number of rotatable bonds is 4. The Morgan fingerprint density at radius 2 is 2.40 bits per heavy atom. The monoisotopic (exact) mass is 208 g/mol. The van der Waals surface area contributed by atoms with Crippen LogP contribution in [0.1, 0.15) is 25.8 Å². The summed E-state index contributed by atoms with van der Waals surface area (Å²) in [5.74, 6) is 6.31. The van der Waals surface area contributed by atoms with E-state index >= 15 is 0 Å². The summed E-state index contributed by atoms with van der Waals surface area (Å²) < 4.78 is 1.83. The fourth-order valence-corrected chi connectivity index (χ4v) is 2.34. The van der Waals surface area contributed by atoms with Gasteiger partial charge in [-0.05, 0) is 29.7 Å². The Labute approximate surface area is 90.8 Å². The molecule has 0 aromatic carbocycles. The quantitative estimate of drug-likeness (QED) is 0.569. The molecule has 2 atom stereocenters. The van der Waals surface area contributed by atoms with Gasteiger partial charge in [0.15, 0.2) is 0 Å². The van der Waals surface area contributed by atoms with Crippen LogP contribution in [0.15, 0.2) is 12.4 Å². The summed E-state index contributed by atoms with van der Waals surface area (Å²) in [7, 11) is 1.94. The molecular formula is C11H20N4. The smallest absolute Gasteiger partial charge is 0.0522 e. The molecule has 1 aliphatic rings. The number of aryl methyl sites for hydroxylation is 1. The van der Waals surface area contributed by atoms with Gasteiger partial charge in [-0.1, -0.05) is 13.8 Å². The van der Waals surface area contributed by atoms with Crippen LogP contribution in [0.5, 0.6) is 0 Å². The van der Waals surface area contributed by atoms with Crippen molar-refractivity contribution in [3.63, 3.8) is 0 Å². The summed E-state index contributed by atoms with van der Waals surface area (Å²) in [6, 6.07) is 0.379. The average molecular weight is 208 g/mol. The van der Waals surface area contributed by atoms with Crippen molar-refractivity contribution in [2.24, 2.45) is 24.2 Å². The number of nitrogens with one attached hydrogen (secondary N) is 1. The highest BCUT2D eigenvalue weighted by atomic mass is 15.3. The highest BCUT2D eigenvalue weighted by Crippen LogP contribution is 2.53. The average Bonchev–Trinajstić information content (AvgIpc) is 2.59. The standard InChI is InChI=1S/C11H20N4/c1-11(2)5-9(11)10(14-12)4-8-6-13-15(3)7-8/h6-7,9-10,14H,4-5,12H2,1-3H3. The Bertz CT molecular complexity index is 342. The molecule has 1 saturated carbocycles. The van der Waals surface area contributed by atoms with E-state index in [0.29, 0.717) is 17.4 Å². The second-order valence-electron chi connectivity index (χ2n) is 5.30. The molecule has 4 heteroatoms. The van der Waals surface area contributed by atoms with Crippen molar-refractivity contribution in [3.05, 3.63) is 18.0 Å². The Hall–Kier alpha value is -0.870. The van der Waals surface area contributed by atoms with Gasteiger partial charge in [-0.2, -0.15) is 5.10 Å². The molecule has 1 fully saturated rings. The lowest BCUT2D eigenvalue weighted by atomic mass is 9.99.